The summed E-state index contributed by atoms with van der Waals surface area (Å²) < 4.78 is 29.3. The van der Waals surface area contributed by atoms with Crippen molar-refractivity contribution in [1.29, 1.82) is 0 Å². The van der Waals surface area contributed by atoms with Crippen LogP contribution in [0.15, 0.2) is 36.7 Å². The largest absolute Gasteiger partial charge is 0.462 e. The van der Waals surface area contributed by atoms with Gasteiger partial charge in [-0.05, 0) is 44.2 Å². The summed E-state index contributed by atoms with van der Waals surface area (Å²) >= 11 is 0. The van der Waals surface area contributed by atoms with Crippen molar-refractivity contribution in [3.05, 3.63) is 42.2 Å². The Morgan fingerprint density at radius 3 is 2.57 bits per heavy atom. The maximum atomic E-state index is 11.8. The van der Waals surface area contributed by atoms with E-state index in [4.69, 9.17) is 9.88 Å². The molecule has 1 saturated heterocycles. The zero-order valence-corrected chi connectivity index (χ0v) is 17.8. The summed E-state index contributed by atoms with van der Waals surface area (Å²) in [5, 5.41) is 4.96. The lowest BCUT2D eigenvalue weighted by atomic mass is 9.93. The van der Waals surface area contributed by atoms with E-state index in [9.17, 15) is 13.2 Å². The summed E-state index contributed by atoms with van der Waals surface area (Å²) in [5.41, 5.74) is 2.19. The van der Waals surface area contributed by atoms with Crippen LogP contribution in [-0.2, 0) is 14.9 Å². The second kappa shape index (κ2) is 9.96. The average Bonchev–Trinajstić information content (AvgIpc) is 2.74. The first-order valence-electron chi connectivity index (χ1n) is 9.97. The number of anilines is 1. The van der Waals surface area contributed by atoms with Gasteiger partial charge < -0.3 is 9.64 Å². The lowest BCUT2D eigenvalue weighted by molar-refractivity contribution is 0.0526. The maximum absolute atomic E-state index is 11.8. The van der Waals surface area contributed by atoms with Crippen LogP contribution in [0.3, 0.4) is 0 Å². The maximum Gasteiger partial charge on any atom is 0.338 e. The van der Waals surface area contributed by atoms with Gasteiger partial charge in [0, 0.05) is 31.3 Å². The Morgan fingerprint density at radius 2 is 1.93 bits per heavy atom. The highest BCUT2D eigenvalue weighted by atomic mass is 32.2. The number of nitrogens with two attached hydrogens (primary N) is 1. The molecule has 0 bridgehead atoms. The number of rotatable bonds is 8. The molecule has 0 atom stereocenters. The molecule has 0 amide bonds. The highest BCUT2D eigenvalue weighted by Gasteiger charge is 2.21. The molecule has 0 spiro atoms. The third-order valence-corrected chi connectivity index (χ3v) is 5.75. The fourth-order valence-electron chi connectivity index (χ4n) is 3.53. The predicted molar refractivity (Wildman–Crippen MR) is 114 cm³/mol. The van der Waals surface area contributed by atoms with Crippen LogP contribution in [-0.4, -0.2) is 50.6 Å². The number of benzene rings is 1. The number of esters is 1. The summed E-state index contributed by atoms with van der Waals surface area (Å²) in [7, 11) is -3.62. The van der Waals surface area contributed by atoms with Gasteiger partial charge in [0.2, 0.25) is 0 Å². The van der Waals surface area contributed by atoms with Gasteiger partial charge in [-0.15, -0.1) is 0 Å². The molecule has 162 valence electrons. The standard InChI is InChI=1S/C20H27N5O4S/c1-2-29-20(26)17-5-3-16(4-6-17)18-13-19(23-14-22-18)25-11-8-15(9-12-25)7-10-24-30(21,27)28/h3-6,13-15,24H,2,7-12H2,1H3,(H2,21,27,28). The number of ether oxygens (including phenoxy) is 1. The van der Waals surface area contributed by atoms with Crippen molar-refractivity contribution < 1.29 is 17.9 Å². The average molecular weight is 434 g/mol. The number of aromatic nitrogens is 2. The normalized spacial score (nSPS) is 15.2. The first-order chi connectivity index (χ1) is 14.4. The SMILES string of the molecule is CCOC(=O)c1ccc(-c2cc(N3CCC(CCNS(N)(=O)=O)CC3)ncn2)cc1. The quantitative estimate of drug-likeness (QED) is 0.607. The minimum absolute atomic E-state index is 0.338. The molecular weight excluding hydrogens is 406 g/mol. The minimum Gasteiger partial charge on any atom is -0.462 e. The molecule has 2 aromatic rings. The molecule has 1 aromatic carbocycles. The van der Waals surface area contributed by atoms with Crippen molar-refractivity contribution in [2.75, 3.05) is 31.1 Å². The van der Waals surface area contributed by atoms with Gasteiger partial charge in [-0.25, -0.2) is 24.6 Å². The molecule has 1 aliphatic heterocycles. The van der Waals surface area contributed by atoms with E-state index in [1.807, 2.05) is 18.2 Å². The van der Waals surface area contributed by atoms with Crippen LogP contribution in [0.2, 0.25) is 0 Å². The minimum atomic E-state index is -3.62. The smallest absolute Gasteiger partial charge is 0.338 e. The molecule has 1 aliphatic rings. The van der Waals surface area contributed by atoms with E-state index in [-0.39, 0.29) is 5.97 Å². The van der Waals surface area contributed by atoms with Crippen LogP contribution in [0.25, 0.3) is 11.3 Å². The van der Waals surface area contributed by atoms with Gasteiger partial charge in [0.15, 0.2) is 0 Å². The zero-order valence-electron chi connectivity index (χ0n) is 17.0. The lowest BCUT2D eigenvalue weighted by Crippen LogP contribution is -2.36. The predicted octanol–water partition coefficient (Wildman–Crippen LogP) is 1.72. The van der Waals surface area contributed by atoms with Crippen molar-refractivity contribution in [1.82, 2.24) is 14.7 Å². The van der Waals surface area contributed by atoms with Crippen molar-refractivity contribution in [2.24, 2.45) is 11.1 Å². The second-order valence-corrected chi connectivity index (χ2v) is 8.60. The number of carbonyl (C=O) groups is 1. The van der Waals surface area contributed by atoms with E-state index >= 15 is 0 Å². The van der Waals surface area contributed by atoms with Crippen molar-refractivity contribution in [3.8, 4) is 11.3 Å². The zero-order chi connectivity index (χ0) is 21.6. The van der Waals surface area contributed by atoms with E-state index in [1.54, 1.807) is 25.4 Å². The van der Waals surface area contributed by atoms with Crippen LogP contribution in [0.4, 0.5) is 5.82 Å². The molecule has 1 fully saturated rings. The Kier molecular flexibility index (Phi) is 7.35. The topological polar surface area (TPSA) is 128 Å². The van der Waals surface area contributed by atoms with Gasteiger partial charge in [0.1, 0.15) is 12.1 Å². The molecule has 0 saturated carbocycles. The summed E-state index contributed by atoms with van der Waals surface area (Å²) in [6.45, 7) is 4.17. The second-order valence-electron chi connectivity index (χ2n) is 7.22. The summed E-state index contributed by atoms with van der Waals surface area (Å²) in [5.74, 6) is 0.970. The number of nitrogens with one attached hydrogen (secondary N) is 1. The van der Waals surface area contributed by atoms with Gasteiger partial charge in [-0.1, -0.05) is 12.1 Å². The Morgan fingerprint density at radius 1 is 1.23 bits per heavy atom. The highest BCUT2D eigenvalue weighted by Crippen LogP contribution is 2.26. The molecule has 0 unspecified atom stereocenters. The molecular formula is C20H27N5O4S. The van der Waals surface area contributed by atoms with Crippen molar-refractivity contribution >= 4 is 22.0 Å². The van der Waals surface area contributed by atoms with E-state index in [0.717, 1.165) is 49.4 Å². The molecule has 0 aliphatic carbocycles. The summed E-state index contributed by atoms with van der Waals surface area (Å²) in [6.07, 6.45) is 4.23. The monoisotopic (exact) mass is 433 g/mol. The third kappa shape index (κ3) is 6.22. The first kappa shape index (κ1) is 22.1. The van der Waals surface area contributed by atoms with E-state index in [0.29, 0.717) is 24.6 Å². The number of nitrogens with zero attached hydrogens (tertiary/aromatic N) is 3. The Bertz CT molecular complexity index is 957. The molecule has 2 heterocycles. The molecule has 30 heavy (non-hydrogen) atoms. The van der Waals surface area contributed by atoms with E-state index in [1.165, 1.54) is 0 Å². The van der Waals surface area contributed by atoms with Crippen LogP contribution in [0, 0.1) is 5.92 Å². The Labute approximate surface area is 176 Å². The Balaban J connectivity index is 1.59. The van der Waals surface area contributed by atoms with Gasteiger partial charge >= 0.3 is 5.97 Å². The van der Waals surface area contributed by atoms with Gasteiger partial charge in [-0.2, -0.15) is 8.42 Å². The molecule has 1 aromatic heterocycles. The van der Waals surface area contributed by atoms with Crippen molar-refractivity contribution in [2.45, 2.75) is 26.2 Å². The first-order valence-corrected chi connectivity index (χ1v) is 11.5. The lowest BCUT2D eigenvalue weighted by Gasteiger charge is -2.32. The van der Waals surface area contributed by atoms with Crippen molar-refractivity contribution in [3.63, 3.8) is 0 Å². The van der Waals surface area contributed by atoms with Crippen LogP contribution in [0.1, 0.15) is 36.5 Å². The number of hydrogen-bond acceptors (Lipinski definition) is 7. The highest BCUT2D eigenvalue weighted by molar-refractivity contribution is 7.87. The van der Waals surface area contributed by atoms with E-state index in [2.05, 4.69) is 19.6 Å². The molecule has 9 nitrogen and oxygen atoms in total. The van der Waals surface area contributed by atoms with Crippen LogP contribution >= 0.6 is 0 Å². The molecule has 0 radical (unpaired) electrons. The number of carbonyl (C=O) groups excluding carboxylic acids is 1. The van der Waals surface area contributed by atoms with Gasteiger partial charge in [-0.3, -0.25) is 0 Å². The molecule has 10 heteroatoms. The number of piperidine rings is 1. The fraction of sp³-hybridized carbons (Fsp3) is 0.450. The summed E-state index contributed by atoms with van der Waals surface area (Å²) in [6, 6.07) is 9.11. The molecule has 3 N–H and O–H groups in total. The van der Waals surface area contributed by atoms with Gasteiger partial charge in [0.05, 0.1) is 17.9 Å². The summed E-state index contributed by atoms with van der Waals surface area (Å²) in [4.78, 5) is 22.8. The molecule has 3 rings (SSSR count). The van der Waals surface area contributed by atoms with Crippen LogP contribution in [0.5, 0.6) is 0 Å². The third-order valence-electron chi connectivity index (χ3n) is 5.14. The number of hydrogen-bond donors (Lipinski definition) is 2. The Hall–Kier alpha value is -2.56. The van der Waals surface area contributed by atoms with E-state index < -0.39 is 10.2 Å². The van der Waals surface area contributed by atoms with Gasteiger partial charge in [0.25, 0.3) is 10.2 Å². The van der Waals surface area contributed by atoms with Crippen LogP contribution < -0.4 is 14.8 Å². The fourth-order valence-corrected chi connectivity index (χ4v) is 3.93.